The Morgan fingerprint density at radius 3 is 2.70 bits per heavy atom. The average molecular weight is 299 g/mol. The Kier molecular flexibility index (Phi) is 6.10. The van der Waals surface area contributed by atoms with Gasteiger partial charge in [-0.3, -0.25) is 9.59 Å². The van der Waals surface area contributed by atoms with Crippen molar-refractivity contribution in [2.24, 2.45) is 0 Å². The largest absolute Gasteiger partial charge is 0.461 e. The number of carbonyl (C=O) groups is 3. The van der Waals surface area contributed by atoms with Crippen LogP contribution < -0.4 is 10.6 Å². The number of hydrogen-bond acceptors (Lipinski definition) is 6. The van der Waals surface area contributed by atoms with Gasteiger partial charge in [0.2, 0.25) is 10.9 Å². The Labute approximate surface area is 120 Å². The first-order valence-corrected chi connectivity index (χ1v) is 7.08. The number of aromatic nitrogens is 1. The number of carbonyl (C=O) groups excluding carboxylic acids is 3. The quantitative estimate of drug-likeness (QED) is 0.749. The second-order valence-corrected chi connectivity index (χ2v) is 4.71. The van der Waals surface area contributed by atoms with Crippen LogP contribution in [0.15, 0.2) is 5.38 Å². The molecular weight excluding hydrogens is 282 g/mol. The lowest BCUT2D eigenvalue weighted by molar-refractivity contribution is -0.122. The lowest BCUT2D eigenvalue weighted by Gasteiger charge is -2.12. The van der Waals surface area contributed by atoms with E-state index in [4.69, 9.17) is 4.74 Å². The molecule has 1 aromatic rings. The number of thiazole rings is 1. The first-order valence-electron chi connectivity index (χ1n) is 6.20. The number of likely N-dealkylation sites (N-methyl/N-ethyl adjacent to an activating group) is 1. The zero-order chi connectivity index (χ0) is 15.1. The maximum absolute atomic E-state index is 11.9. The van der Waals surface area contributed by atoms with Crippen molar-refractivity contribution in [3.63, 3.8) is 0 Å². The van der Waals surface area contributed by atoms with E-state index in [-0.39, 0.29) is 23.2 Å². The molecule has 1 heterocycles. The molecule has 0 fully saturated rings. The molecule has 0 saturated carbocycles. The Bertz CT molecular complexity index is 501. The van der Waals surface area contributed by atoms with Crippen molar-refractivity contribution in [3.05, 3.63) is 16.1 Å². The van der Waals surface area contributed by atoms with Crippen molar-refractivity contribution in [1.29, 1.82) is 0 Å². The second kappa shape index (κ2) is 7.59. The van der Waals surface area contributed by atoms with Crippen molar-refractivity contribution in [3.8, 4) is 0 Å². The van der Waals surface area contributed by atoms with E-state index in [0.29, 0.717) is 6.54 Å². The van der Waals surface area contributed by atoms with E-state index in [1.54, 1.807) is 20.8 Å². The SMILES string of the molecule is CCNC(=O)C(C)NC(=O)c1csc(C(=O)OCC)n1. The third-order valence-electron chi connectivity index (χ3n) is 2.28. The zero-order valence-electron chi connectivity index (χ0n) is 11.6. The van der Waals surface area contributed by atoms with Crippen LogP contribution in [0.4, 0.5) is 0 Å². The molecule has 7 nitrogen and oxygen atoms in total. The molecule has 0 radical (unpaired) electrons. The average Bonchev–Trinajstić information content (AvgIpc) is 2.89. The van der Waals surface area contributed by atoms with E-state index in [2.05, 4.69) is 15.6 Å². The maximum Gasteiger partial charge on any atom is 0.367 e. The van der Waals surface area contributed by atoms with Crippen molar-refractivity contribution in [2.75, 3.05) is 13.2 Å². The summed E-state index contributed by atoms with van der Waals surface area (Å²) in [5, 5.41) is 6.67. The fourth-order valence-electron chi connectivity index (χ4n) is 1.33. The minimum Gasteiger partial charge on any atom is -0.461 e. The third kappa shape index (κ3) is 4.30. The van der Waals surface area contributed by atoms with Gasteiger partial charge in [0.05, 0.1) is 6.61 Å². The van der Waals surface area contributed by atoms with Crippen LogP contribution in [-0.4, -0.2) is 42.0 Å². The minimum absolute atomic E-state index is 0.0919. The molecule has 8 heteroatoms. The molecule has 0 aliphatic heterocycles. The Morgan fingerprint density at radius 2 is 2.10 bits per heavy atom. The summed E-state index contributed by atoms with van der Waals surface area (Å²) in [4.78, 5) is 38.7. The fourth-order valence-corrected chi connectivity index (χ4v) is 2.02. The van der Waals surface area contributed by atoms with Crippen LogP contribution in [0.2, 0.25) is 0 Å². The van der Waals surface area contributed by atoms with Gasteiger partial charge in [-0.1, -0.05) is 0 Å². The van der Waals surface area contributed by atoms with Gasteiger partial charge in [-0.15, -0.1) is 11.3 Å². The molecule has 2 amide bonds. The highest BCUT2D eigenvalue weighted by molar-refractivity contribution is 7.11. The van der Waals surface area contributed by atoms with Crippen LogP contribution in [0.3, 0.4) is 0 Å². The van der Waals surface area contributed by atoms with Crippen LogP contribution in [0, 0.1) is 0 Å². The normalized spacial score (nSPS) is 11.6. The number of esters is 1. The Balaban J connectivity index is 2.64. The van der Waals surface area contributed by atoms with Gasteiger partial charge >= 0.3 is 5.97 Å². The maximum atomic E-state index is 11.9. The van der Waals surface area contributed by atoms with Crippen LogP contribution >= 0.6 is 11.3 Å². The molecule has 0 saturated heterocycles. The molecule has 1 unspecified atom stereocenters. The summed E-state index contributed by atoms with van der Waals surface area (Å²) in [6.45, 7) is 5.78. The van der Waals surface area contributed by atoms with Crippen LogP contribution in [0.1, 0.15) is 41.1 Å². The summed E-state index contributed by atoms with van der Waals surface area (Å²) in [5.41, 5.74) is 0.0919. The van der Waals surface area contributed by atoms with Gasteiger partial charge in [0.25, 0.3) is 5.91 Å². The first-order chi connectivity index (χ1) is 9.49. The molecular formula is C12H17N3O4S. The summed E-state index contributed by atoms with van der Waals surface area (Å²) in [6.07, 6.45) is 0. The van der Waals surface area contributed by atoms with Gasteiger partial charge in [0.1, 0.15) is 11.7 Å². The molecule has 1 aromatic heterocycles. The fraction of sp³-hybridized carbons (Fsp3) is 0.500. The molecule has 20 heavy (non-hydrogen) atoms. The number of nitrogens with zero attached hydrogens (tertiary/aromatic N) is 1. The van der Waals surface area contributed by atoms with Gasteiger partial charge in [0.15, 0.2) is 0 Å². The lowest BCUT2D eigenvalue weighted by atomic mass is 10.3. The second-order valence-electron chi connectivity index (χ2n) is 3.85. The summed E-state index contributed by atoms with van der Waals surface area (Å²) in [5.74, 6) is -1.34. The summed E-state index contributed by atoms with van der Waals surface area (Å²) in [7, 11) is 0. The smallest absolute Gasteiger partial charge is 0.367 e. The van der Waals surface area contributed by atoms with Crippen molar-refractivity contribution in [2.45, 2.75) is 26.8 Å². The number of nitrogens with one attached hydrogen (secondary N) is 2. The van der Waals surface area contributed by atoms with Crippen LogP contribution in [0.25, 0.3) is 0 Å². The molecule has 110 valence electrons. The monoisotopic (exact) mass is 299 g/mol. The first kappa shape index (κ1) is 16.1. The molecule has 0 aromatic carbocycles. The van der Waals surface area contributed by atoms with Gasteiger partial charge in [-0.05, 0) is 20.8 Å². The highest BCUT2D eigenvalue weighted by Gasteiger charge is 2.20. The van der Waals surface area contributed by atoms with E-state index < -0.39 is 17.9 Å². The molecule has 0 aliphatic rings. The highest BCUT2D eigenvalue weighted by atomic mass is 32.1. The molecule has 1 atom stereocenters. The predicted molar refractivity (Wildman–Crippen MR) is 73.7 cm³/mol. The van der Waals surface area contributed by atoms with E-state index in [0.717, 1.165) is 11.3 Å². The topological polar surface area (TPSA) is 97.4 Å². The zero-order valence-corrected chi connectivity index (χ0v) is 12.4. The molecule has 2 N–H and O–H groups in total. The molecule has 0 aliphatic carbocycles. The number of rotatable bonds is 6. The van der Waals surface area contributed by atoms with Crippen LogP contribution in [0.5, 0.6) is 0 Å². The predicted octanol–water partition coefficient (Wildman–Crippen LogP) is 0.574. The number of amides is 2. The highest BCUT2D eigenvalue weighted by Crippen LogP contribution is 2.11. The summed E-state index contributed by atoms with van der Waals surface area (Å²) < 4.78 is 4.79. The third-order valence-corrected chi connectivity index (χ3v) is 3.10. The molecule has 0 bridgehead atoms. The Hall–Kier alpha value is -1.96. The van der Waals surface area contributed by atoms with E-state index >= 15 is 0 Å². The molecule has 1 rings (SSSR count). The number of ether oxygens (including phenoxy) is 1. The van der Waals surface area contributed by atoms with Gasteiger partial charge in [-0.25, -0.2) is 9.78 Å². The van der Waals surface area contributed by atoms with Gasteiger partial charge in [0, 0.05) is 11.9 Å². The van der Waals surface area contributed by atoms with E-state index in [1.807, 2.05) is 0 Å². The van der Waals surface area contributed by atoms with Gasteiger partial charge in [-0.2, -0.15) is 0 Å². The van der Waals surface area contributed by atoms with Crippen molar-refractivity contribution >= 4 is 29.1 Å². The summed E-state index contributed by atoms with van der Waals surface area (Å²) in [6, 6.07) is -0.671. The molecule has 0 spiro atoms. The number of hydrogen-bond donors (Lipinski definition) is 2. The Morgan fingerprint density at radius 1 is 1.40 bits per heavy atom. The van der Waals surface area contributed by atoms with E-state index in [9.17, 15) is 14.4 Å². The van der Waals surface area contributed by atoms with Crippen LogP contribution in [-0.2, 0) is 9.53 Å². The summed E-state index contributed by atoms with van der Waals surface area (Å²) >= 11 is 1.02. The van der Waals surface area contributed by atoms with E-state index in [1.165, 1.54) is 5.38 Å². The standard InChI is InChI=1S/C12H17N3O4S/c1-4-13-9(16)7(3)14-10(17)8-6-20-11(15-8)12(18)19-5-2/h6-7H,4-5H2,1-3H3,(H,13,16)(H,14,17). The van der Waals surface area contributed by atoms with Crippen molar-refractivity contribution < 1.29 is 19.1 Å². The minimum atomic E-state index is -0.671. The van der Waals surface area contributed by atoms with Crippen molar-refractivity contribution in [1.82, 2.24) is 15.6 Å². The van der Waals surface area contributed by atoms with Gasteiger partial charge < -0.3 is 15.4 Å². The lowest BCUT2D eigenvalue weighted by Crippen LogP contribution is -2.44.